The molecule has 0 aromatic heterocycles. The van der Waals surface area contributed by atoms with Crippen molar-refractivity contribution in [3.8, 4) is 0 Å². The van der Waals surface area contributed by atoms with Crippen LogP contribution < -0.4 is 5.73 Å². The Morgan fingerprint density at radius 3 is 2.47 bits per heavy atom. The third-order valence-corrected chi connectivity index (χ3v) is 3.58. The van der Waals surface area contributed by atoms with Gasteiger partial charge >= 0.3 is 6.09 Å². The topological polar surface area (TPSA) is 64.8 Å². The molecule has 17 heavy (non-hydrogen) atoms. The molecule has 0 aromatic carbocycles. The highest BCUT2D eigenvalue weighted by Crippen LogP contribution is 2.39. The fourth-order valence-corrected chi connectivity index (χ4v) is 2.58. The predicted octanol–water partition coefficient (Wildman–Crippen LogP) is 1.11. The highest BCUT2D eigenvalue weighted by molar-refractivity contribution is 5.71. The van der Waals surface area contributed by atoms with E-state index in [4.69, 9.17) is 15.2 Å². The van der Waals surface area contributed by atoms with E-state index in [1.54, 1.807) is 4.90 Å². The second-order valence-corrected chi connectivity index (χ2v) is 5.91. The summed E-state index contributed by atoms with van der Waals surface area (Å²) in [5.74, 6) is 0. The van der Waals surface area contributed by atoms with E-state index >= 15 is 0 Å². The van der Waals surface area contributed by atoms with Gasteiger partial charge in [-0.05, 0) is 33.6 Å². The van der Waals surface area contributed by atoms with E-state index in [0.29, 0.717) is 19.8 Å². The average Bonchev–Trinajstić information content (AvgIpc) is 2.24. The monoisotopic (exact) mass is 242 g/mol. The first-order chi connectivity index (χ1) is 7.85. The summed E-state index contributed by atoms with van der Waals surface area (Å²) in [6, 6.07) is 0.0546. The second kappa shape index (κ2) is 4.14. The summed E-state index contributed by atoms with van der Waals surface area (Å²) in [6.45, 7) is 7.57. The SMILES string of the molecule is CC(C)(C)OC(=O)N1CC(N)C12CCOCC2. The van der Waals surface area contributed by atoms with Crippen molar-refractivity contribution < 1.29 is 14.3 Å². The largest absolute Gasteiger partial charge is 0.444 e. The van der Waals surface area contributed by atoms with Crippen molar-refractivity contribution in [2.45, 2.75) is 50.8 Å². The van der Waals surface area contributed by atoms with E-state index in [-0.39, 0.29) is 17.7 Å². The molecular weight excluding hydrogens is 220 g/mol. The molecular formula is C12H22N2O3. The molecule has 1 atom stereocenters. The van der Waals surface area contributed by atoms with Gasteiger partial charge in [0.15, 0.2) is 0 Å². The van der Waals surface area contributed by atoms with Gasteiger partial charge in [0.1, 0.15) is 5.60 Å². The summed E-state index contributed by atoms with van der Waals surface area (Å²) in [4.78, 5) is 13.9. The molecule has 0 radical (unpaired) electrons. The van der Waals surface area contributed by atoms with E-state index in [1.807, 2.05) is 20.8 Å². The highest BCUT2D eigenvalue weighted by Gasteiger charge is 2.55. The van der Waals surface area contributed by atoms with Gasteiger partial charge in [0.05, 0.1) is 5.54 Å². The van der Waals surface area contributed by atoms with Crippen molar-refractivity contribution >= 4 is 6.09 Å². The maximum absolute atomic E-state index is 12.1. The van der Waals surface area contributed by atoms with Gasteiger partial charge in [-0.15, -0.1) is 0 Å². The maximum atomic E-state index is 12.1. The van der Waals surface area contributed by atoms with Gasteiger partial charge < -0.3 is 15.2 Å². The van der Waals surface area contributed by atoms with E-state index < -0.39 is 5.60 Å². The van der Waals surface area contributed by atoms with Gasteiger partial charge in [0, 0.05) is 25.8 Å². The first-order valence-electron chi connectivity index (χ1n) is 6.19. The Kier molecular flexibility index (Phi) is 3.08. The van der Waals surface area contributed by atoms with Crippen LogP contribution in [-0.4, -0.2) is 47.9 Å². The van der Waals surface area contributed by atoms with E-state index in [0.717, 1.165) is 12.8 Å². The van der Waals surface area contributed by atoms with Crippen molar-refractivity contribution in [3.63, 3.8) is 0 Å². The number of hydrogen-bond acceptors (Lipinski definition) is 4. The minimum Gasteiger partial charge on any atom is -0.444 e. The molecule has 2 aliphatic rings. The van der Waals surface area contributed by atoms with Gasteiger partial charge in [-0.25, -0.2) is 4.79 Å². The molecule has 1 amide bonds. The van der Waals surface area contributed by atoms with Crippen LogP contribution in [0.25, 0.3) is 0 Å². The summed E-state index contributed by atoms with van der Waals surface area (Å²) in [5, 5.41) is 0. The molecule has 2 fully saturated rings. The molecule has 1 unspecified atom stereocenters. The Labute approximate surface area is 102 Å². The van der Waals surface area contributed by atoms with Crippen LogP contribution in [0.1, 0.15) is 33.6 Å². The quantitative estimate of drug-likeness (QED) is 0.691. The molecule has 1 spiro atoms. The third kappa shape index (κ3) is 2.26. The lowest BCUT2D eigenvalue weighted by Crippen LogP contribution is -2.77. The lowest BCUT2D eigenvalue weighted by atomic mass is 9.74. The number of hydrogen-bond donors (Lipinski definition) is 1. The summed E-state index contributed by atoms with van der Waals surface area (Å²) in [5.41, 5.74) is 5.40. The standard InChI is InChI=1S/C12H22N2O3/c1-11(2,3)17-10(15)14-8-9(13)12(14)4-6-16-7-5-12/h9H,4-8,13H2,1-3H3. The molecule has 5 nitrogen and oxygen atoms in total. The zero-order valence-corrected chi connectivity index (χ0v) is 10.9. The van der Waals surface area contributed by atoms with E-state index in [1.165, 1.54) is 0 Å². The molecule has 2 rings (SSSR count). The summed E-state index contributed by atoms with van der Waals surface area (Å²) in [7, 11) is 0. The van der Waals surface area contributed by atoms with Crippen LogP contribution in [0.3, 0.4) is 0 Å². The average molecular weight is 242 g/mol. The molecule has 2 aliphatic heterocycles. The number of carbonyl (C=O) groups is 1. The van der Waals surface area contributed by atoms with Gasteiger partial charge in [0.25, 0.3) is 0 Å². The minimum absolute atomic E-state index is 0.0546. The first kappa shape index (κ1) is 12.6. The Hall–Kier alpha value is -0.810. The molecule has 98 valence electrons. The lowest BCUT2D eigenvalue weighted by molar-refractivity contribution is -0.104. The highest BCUT2D eigenvalue weighted by atomic mass is 16.6. The van der Waals surface area contributed by atoms with Crippen LogP contribution >= 0.6 is 0 Å². The van der Waals surface area contributed by atoms with Crippen LogP contribution in [0, 0.1) is 0 Å². The number of nitrogens with two attached hydrogens (primary N) is 1. The Morgan fingerprint density at radius 2 is 2.00 bits per heavy atom. The van der Waals surface area contributed by atoms with Gasteiger partial charge in [-0.3, -0.25) is 4.90 Å². The normalized spacial score (nSPS) is 27.8. The zero-order valence-electron chi connectivity index (χ0n) is 10.9. The Morgan fingerprint density at radius 1 is 1.41 bits per heavy atom. The van der Waals surface area contributed by atoms with Crippen molar-refractivity contribution in [2.75, 3.05) is 19.8 Å². The van der Waals surface area contributed by atoms with Crippen molar-refractivity contribution in [3.05, 3.63) is 0 Å². The number of rotatable bonds is 0. The summed E-state index contributed by atoms with van der Waals surface area (Å²) < 4.78 is 10.8. The molecule has 2 N–H and O–H groups in total. The molecule has 2 saturated heterocycles. The van der Waals surface area contributed by atoms with Crippen molar-refractivity contribution in [2.24, 2.45) is 5.73 Å². The number of likely N-dealkylation sites (tertiary alicyclic amines) is 1. The fourth-order valence-electron chi connectivity index (χ4n) is 2.58. The molecule has 2 heterocycles. The van der Waals surface area contributed by atoms with E-state index in [2.05, 4.69) is 0 Å². The van der Waals surface area contributed by atoms with Crippen LogP contribution in [0.2, 0.25) is 0 Å². The Bertz CT molecular complexity index is 305. The second-order valence-electron chi connectivity index (χ2n) is 5.91. The van der Waals surface area contributed by atoms with Gasteiger partial charge in [-0.2, -0.15) is 0 Å². The summed E-state index contributed by atoms with van der Waals surface area (Å²) in [6.07, 6.45) is 1.38. The Balaban J connectivity index is 2.04. The lowest BCUT2D eigenvalue weighted by Gasteiger charge is -2.58. The van der Waals surface area contributed by atoms with E-state index in [9.17, 15) is 4.79 Å². The fraction of sp³-hybridized carbons (Fsp3) is 0.917. The zero-order chi connectivity index (χ0) is 12.7. The maximum Gasteiger partial charge on any atom is 0.410 e. The summed E-state index contributed by atoms with van der Waals surface area (Å²) >= 11 is 0. The first-order valence-corrected chi connectivity index (χ1v) is 6.19. The van der Waals surface area contributed by atoms with Crippen LogP contribution in [0.5, 0.6) is 0 Å². The van der Waals surface area contributed by atoms with Crippen LogP contribution in [0.15, 0.2) is 0 Å². The minimum atomic E-state index is -0.455. The van der Waals surface area contributed by atoms with Gasteiger partial charge in [0.2, 0.25) is 0 Å². The molecule has 0 bridgehead atoms. The smallest absolute Gasteiger partial charge is 0.410 e. The third-order valence-electron chi connectivity index (χ3n) is 3.58. The van der Waals surface area contributed by atoms with Gasteiger partial charge in [-0.1, -0.05) is 0 Å². The van der Waals surface area contributed by atoms with Crippen LogP contribution in [-0.2, 0) is 9.47 Å². The van der Waals surface area contributed by atoms with Crippen molar-refractivity contribution in [1.29, 1.82) is 0 Å². The van der Waals surface area contributed by atoms with Crippen LogP contribution in [0.4, 0.5) is 4.79 Å². The number of ether oxygens (including phenoxy) is 2. The molecule has 0 aromatic rings. The number of carbonyl (C=O) groups excluding carboxylic acids is 1. The molecule has 0 saturated carbocycles. The molecule has 5 heteroatoms. The molecule has 0 aliphatic carbocycles. The number of amides is 1. The van der Waals surface area contributed by atoms with Crippen molar-refractivity contribution in [1.82, 2.24) is 4.90 Å². The predicted molar refractivity (Wildman–Crippen MR) is 63.7 cm³/mol. The number of nitrogens with zero attached hydrogens (tertiary/aromatic N) is 1.